The molecule has 0 radical (unpaired) electrons. The van der Waals surface area contributed by atoms with Gasteiger partial charge in [-0.05, 0) is 60.6 Å². The topological polar surface area (TPSA) is 60.6 Å². The van der Waals surface area contributed by atoms with Crippen LogP contribution < -0.4 is 14.2 Å². The van der Waals surface area contributed by atoms with Crippen molar-refractivity contribution in [3.8, 4) is 17.2 Å². The molecule has 1 heterocycles. The summed E-state index contributed by atoms with van der Waals surface area (Å²) in [5.74, 6) is 2.19. The molecule has 4 rings (SSSR count). The average Bonchev–Trinajstić information content (AvgIpc) is 3.14. The number of nitrogens with one attached hydrogen (secondary N) is 1. The molecule has 1 aliphatic carbocycles. The smallest absolute Gasteiger partial charge is 0.203 e. The van der Waals surface area contributed by atoms with Crippen LogP contribution in [0.1, 0.15) is 29.7 Å². The van der Waals surface area contributed by atoms with Gasteiger partial charge in [0.2, 0.25) is 5.75 Å². The second-order valence-corrected chi connectivity index (χ2v) is 7.70. The first-order valence-electron chi connectivity index (χ1n) is 10.2. The number of aromatic amines is 1. The van der Waals surface area contributed by atoms with Gasteiger partial charge in [-0.1, -0.05) is 24.3 Å². The van der Waals surface area contributed by atoms with Crippen molar-refractivity contribution in [3.05, 3.63) is 59.3 Å². The van der Waals surface area contributed by atoms with Crippen molar-refractivity contribution < 1.29 is 19.0 Å². The second kappa shape index (κ2) is 8.66. The number of carbonyl (C=O) groups excluding carboxylic acids is 1. The average molecular weight is 405 g/mol. The predicted molar refractivity (Wildman–Crippen MR) is 119 cm³/mol. The first kappa shape index (κ1) is 20.1. The van der Waals surface area contributed by atoms with Gasteiger partial charge in [0.1, 0.15) is 0 Å². The number of rotatable bonds is 7. The van der Waals surface area contributed by atoms with E-state index in [1.807, 2.05) is 18.2 Å². The van der Waals surface area contributed by atoms with Crippen molar-refractivity contribution in [1.82, 2.24) is 4.98 Å². The Balaban J connectivity index is 1.46. The third kappa shape index (κ3) is 3.92. The van der Waals surface area contributed by atoms with Gasteiger partial charge in [-0.3, -0.25) is 4.79 Å². The quantitative estimate of drug-likeness (QED) is 0.564. The summed E-state index contributed by atoms with van der Waals surface area (Å²) in [5, 5.41) is 1.29. The van der Waals surface area contributed by atoms with Crippen molar-refractivity contribution in [1.29, 1.82) is 0 Å². The Morgan fingerprint density at radius 3 is 2.53 bits per heavy atom. The number of ketones is 1. The molecule has 5 heteroatoms. The van der Waals surface area contributed by atoms with Gasteiger partial charge in [0.25, 0.3) is 0 Å². The van der Waals surface area contributed by atoms with E-state index in [1.165, 1.54) is 22.2 Å². The number of H-pyrrole nitrogens is 1. The summed E-state index contributed by atoms with van der Waals surface area (Å²) < 4.78 is 16.1. The highest BCUT2D eigenvalue weighted by molar-refractivity contribution is 5.94. The molecule has 1 N–H and O–H groups in total. The Bertz CT molecular complexity index is 1070. The van der Waals surface area contributed by atoms with Gasteiger partial charge in [0.05, 0.1) is 21.3 Å². The lowest BCUT2D eigenvalue weighted by Crippen LogP contribution is -2.16. The van der Waals surface area contributed by atoms with E-state index in [1.54, 1.807) is 27.4 Å². The molecule has 156 valence electrons. The van der Waals surface area contributed by atoms with E-state index in [-0.39, 0.29) is 5.78 Å². The van der Waals surface area contributed by atoms with Crippen molar-refractivity contribution in [3.63, 3.8) is 0 Å². The molecular weight excluding hydrogens is 378 g/mol. The van der Waals surface area contributed by atoms with Crippen molar-refractivity contribution >= 4 is 22.8 Å². The fraction of sp³-hybridized carbons (Fsp3) is 0.320. The minimum Gasteiger partial charge on any atom is -0.493 e. The first-order valence-corrected chi connectivity index (χ1v) is 10.2. The van der Waals surface area contributed by atoms with Crippen LogP contribution in [0.15, 0.2) is 42.5 Å². The third-order valence-electron chi connectivity index (χ3n) is 5.84. The number of allylic oxidation sites excluding steroid dienone is 1. The second-order valence-electron chi connectivity index (χ2n) is 7.70. The van der Waals surface area contributed by atoms with E-state index in [9.17, 15) is 4.79 Å². The van der Waals surface area contributed by atoms with Gasteiger partial charge < -0.3 is 19.2 Å². The molecule has 3 aromatic rings. The molecule has 1 aliphatic rings. The predicted octanol–water partition coefficient (Wildman–Crippen LogP) is 4.97. The van der Waals surface area contributed by atoms with Crippen molar-refractivity contribution in [2.75, 3.05) is 21.3 Å². The molecule has 0 amide bonds. The van der Waals surface area contributed by atoms with Crippen LogP contribution in [0.4, 0.5) is 0 Å². The fourth-order valence-corrected chi connectivity index (χ4v) is 4.36. The maximum atomic E-state index is 12.6. The molecule has 2 aromatic carbocycles. The highest BCUT2D eigenvalue weighted by Gasteiger charge is 2.23. The number of benzene rings is 2. The largest absolute Gasteiger partial charge is 0.493 e. The molecule has 0 bridgehead atoms. The van der Waals surface area contributed by atoms with E-state index in [0.29, 0.717) is 29.6 Å². The molecule has 1 aromatic heterocycles. The zero-order valence-corrected chi connectivity index (χ0v) is 17.7. The molecule has 0 spiro atoms. The lowest BCUT2D eigenvalue weighted by Gasteiger charge is -2.21. The van der Waals surface area contributed by atoms with Crippen LogP contribution in [-0.2, 0) is 17.6 Å². The van der Waals surface area contributed by atoms with Crippen molar-refractivity contribution in [2.24, 2.45) is 5.92 Å². The summed E-state index contributed by atoms with van der Waals surface area (Å²) in [6.45, 7) is 0. The van der Waals surface area contributed by atoms with E-state index in [2.05, 4.69) is 29.2 Å². The van der Waals surface area contributed by atoms with Crippen LogP contribution in [0.5, 0.6) is 17.2 Å². The number of ether oxygens (including phenoxy) is 3. The number of hydrogen-bond donors (Lipinski definition) is 1. The number of para-hydroxylation sites is 1. The maximum absolute atomic E-state index is 12.6. The monoisotopic (exact) mass is 405 g/mol. The highest BCUT2D eigenvalue weighted by Crippen LogP contribution is 2.38. The van der Waals surface area contributed by atoms with Crippen LogP contribution in [0.25, 0.3) is 17.0 Å². The standard InChI is InChI=1S/C25H27NO4/c1-28-23-14-17(15-24(29-2)25(23)30-3)8-10-18(27)12-16-9-11-22-20(13-16)19-6-4-5-7-21(19)26-22/h4-8,10,14-16,26H,9,11-13H2,1-3H3/b10-8+. The van der Waals surface area contributed by atoms with Gasteiger partial charge in [-0.25, -0.2) is 0 Å². The van der Waals surface area contributed by atoms with Gasteiger partial charge in [-0.15, -0.1) is 0 Å². The van der Waals surface area contributed by atoms with Crippen LogP contribution in [-0.4, -0.2) is 32.1 Å². The summed E-state index contributed by atoms with van der Waals surface area (Å²) in [4.78, 5) is 16.2. The Kier molecular flexibility index (Phi) is 5.79. The fourth-order valence-electron chi connectivity index (χ4n) is 4.36. The molecule has 0 saturated carbocycles. The molecule has 1 unspecified atom stereocenters. The van der Waals surface area contributed by atoms with E-state index >= 15 is 0 Å². The molecule has 1 atom stereocenters. The third-order valence-corrected chi connectivity index (χ3v) is 5.84. The highest BCUT2D eigenvalue weighted by atomic mass is 16.5. The molecule has 0 fully saturated rings. The lowest BCUT2D eigenvalue weighted by atomic mass is 9.83. The number of aromatic nitrogens is 1. The van der Waals surface area contributed by atoms with Crippen LogP contribution in [0, 0.1) is 5.92 Å². The van der Waals surface area contributed by atoms with E-state index in [0.717, 1.165) is 24.8 Å². The van der Waals surface area contributed by atoms with Gasteiger partial charge in [0, 0.05) is 23.0 Å². The number of hydrogen-bond acceptors (Lipinski definition) is 4. The first-order chi connectivity index (χ1) is 14.6. The number of fused-ring (bicyclic) bond motifs is 3. The van der Waals surface area contributed by atoms with Crippen LogP contribution in [0.2, 0.25) is 0 Å². The Labute approximate surface area is 176 Å². The lowest BCUT2D eigenvalue weighted by molar-refractivity contribution is -0.115. The van der Waals surface area contributed by atoms with E-state index < -0.39 is 0 Å². The van der Waals surface area contributed by atoms with Crippen molar-refractivity contribution in [2.45, 2.75) is 25.7 Å². The SMILES string of the molecule is COc1cc(/C=C/C(=O)CC2CCc3[nH]c4ccccc4c3C2)cc(OC)c1OC. The minimum atomic E-state index is 0.136. The zero-order chi connectivity index (χ0) is 21.1. The Morgan fingerprint density at radius 1 is 1.10 bits per heavy atom. The Morgan fingerprint density at radius 2 is 1.83 bits per heavy atom. The number of carbonyl (C=O) groups is 1. The summed E-state index contributed by atoms with van der Waals surface area (Å²) in [6.07, 6.45) is 7.00. The maximum Gasteiger partial charge on any atom is 0.203 e. The van der Waals surface area contributed by atoms with Gasteiger partial charge in [-0.2, -0.15) is 0 Å². The summed E-state index contributed by atoms with van der Waals surface area (Å²) in [7, 11) is 4.73. The summed E-state index contributed by atoms with van der Waals surface area (Å²) in [6, 6.07) is 12.1. The van der Waals surface area contributed by atoms with Gasteiger partial charge >= 0.3 is 0 Å². The molecule has 30 heavy (non-hydrogen) atoms. The number of methoxy groups -OCH3 is 3. The summed E-state index contributed by atoms with van der Waals surface area (Å²) in [5.41, 5.74) is 4.73. The normalized spacial score (nSPS) is 15.9. The molecule has 5 nitrogen and oxygen atoms in total. The van der Waals surface area contributed by atoms with E-state index in [4.69, 9.17) is 14.2 Å². The Hall–Kier alpha value is -3.21. The van der Waals surface area contributed by atoms with Gasteiger partial charge in [0.15, 0.2) is 17.3 Å². The molecule has 0 saturated heterocycles. The van der Waals surface area contributed by atoms with Crippen LogP contribution in [0.3, 0.4) is 0 Å². The molecular formula is C25H27NO4. The summed E-state index contributed by atoms with van der Waals surface area (Å²) >= 11 is 0. The number of aryl methyl sites for hydroxylation is 1. The zero-order valence-electron chi connectivity index (χ0n) is 17.7. The van der Waals surface area contributed by atoms with Crippen LogP contribution >= 0.6 is 0 Å². The molecule has 0 aliphatic heterocycles. The minimum absolute atomic E-state index is 0.136.